The first-order chi connectivity index (χ1) is 6.66. The Morgan fingerprint density at radius 1 is 1.14 bits per heavy atom. The fourth-order valence-electron chi connectivity index (χ4n) is 1.79. The summed E-state index contributed by atoms with van der Waals surface area (Å²) in [4.78, 5) is 11.1. The Kier molecular flexibility index (Phi) is 2.39. The van der Waals surface area contributed by atoms with Crippen LogP contribution in [0.1, 0.15) is 17.5 Å². The van der Waals surface area contributed by atoms with Gasteiger partial charge in [-0.3, -0.25) is 4.79 Å². The second-order valence-electron chi connectivity index (χ2n) is 3.62. The highest BCUT2D eigenvalue weighted by Crippen LogP contribution is 2.17. The summed E-state index contributed by atoms with van der Waals surface area (Å²) >= 11 is 0. The molecular formula is C10H11BO3. The van der Waals surface area contributed by atoms with Gasteiger partial charge in [-0.1, -0.05) is 18.2 Å². The van der Waals surface area contributed by atoms with Crippen molar-refractivity contribution in [3.05, 3.63) is 29.3 Å². The summed E-state index contributed by atoms with van der Waals surface area (Å²) in [6.07, 6.45) is 1.77. The van der Waals surface area contributed by atoms with E-state index in [1.165, 1.54) is 0 Å². The van der Waals surface area contributed by atoms with E-state index < -0.39 is 7.12 Å². The summed E-state index contributed by atoms with van der Waals surface area (Å²) in [5.41, 5.74) is 2.58. The molecule has 0 unspecified atom stereocenters. The van der Waals surface area contributed by atoms with Gasteiger partial charge < -0.3 is 10.0 Å². The predicted octanol–water partition coefficient (Wildman–Crippen LogP) is -0.576. The molecule has 0 heterocycles. The maximum atomic E-state index is 11.1. The maximum absolute atomic E-state index is 11.1. The van der Waals surface area contributed by atoms with Crippen LogP contribution in [0.5, 0.6) is 0 Å². The van der Waals surface area contributed by atoms with Gasteiger partial charge in [0.2, 0.25) is 0 Å². The molecule has 0 amide bonds. The Morgan fingerprint density at radius 3 is 2.64 bits per heavy atom. The minimum atomic E-state index is -1.42. The fourth-order valence-corrected chi connectivity index (χ4v) is 1.79. The van der Waals surface area contributed by atoms with E-state index in [-0.39, 0.29) is 5.78 Å². The lowest BCUT2D eigenvalue weighted by atomic mass is 9.77. The van der Waals surface area contributed by atoms with Gasteiger partial charge in [0.1, 0.15) is 5.78 Å². The molecule has 1 aromatic carbocycles. The summed E-state index contributed by atoms with van der Waals surface area (Å²) in [7, 11) is -1.42. The third kappa shape index (κ3) is 1.71. The average Bonchev–Trinajstić information content (AvgIpc) is 2.16. The number of rotatable bonds is 1. The first kappa shape index (κ1) is 9.43. The van der Waals surface area contributed by atoms with Gasteiger partial charge in [-0.2, -0.15) is 0 Å². The normalized spacial score (nSPS) is 15.1. The molecule has 2 N–H and O–H groups in total. The van der Waals surface area contributed by atoms with E-state index in [9.17, 15) is 4.79 Å². The molecule has 14 heavy (non-hydrogen) atoms. The van der Waals surface area contributed by atoms with Gasteiger partial charge in [-0.15, -0.1) is 0 Å². The van der Waals surface area contributed by atoms with E-state index >= 15 is 0 Å². The first-order valence-corrected chi connectivity index (χ1v) is 4.66. The standard InChI is InChI=1S/C10H11BO3/c12-10-4-2-7-5-9(11(13)14)3-1-8(7)6-10/h1,3,5,13-14H,2,4,6H2. The zero-order valence-corrected chi connectivity index (χ0v) is 7.73. The topological polar surface area (TPSA) is 57.5 Å². The van der Waals surface area contributed by atoms with Crippen molar-refractivity contribution in [2.45, 2.75) is 19.3 Å². The molecular weight excluding hydrogens is 179 g/mol. The number of benzene rings is 1. The number of aryl methyl sites for hydroxylation is 1. The molecule has 1 aliphatic carbocycles. The van der Waals surface area contributed by atoms with Crippen LogP contribution in [0.25, 0.3) is 0 Å². The molecule has 4 heteroatoms. The summed E-state index contributed by atoms with van der Waals surface area (Å²) < 4.78 is 0. The number of carbonyl (C=O) groups is 1. The molecule has 2 rings (SSSR count). The molecule has 1 aromatic rings. The van der Waals surface area contributed by atoms with Gasteiger partial charge >= 0.3 is 7.12 Å². The molecule has 0 saturated carbocycles. The number of hydrogen-bond donors (Lipinski definition) is 2. The van der Waals surface area contributed by atoms with Gasteiger partial charge in [-0.25, -0.2) is 0 Å². The minimum absolute atomic E-state index is 0.259. The van der Waals surface area contributed by atoms with E-state index in [0.717, 1.165) is 11.1 Å². The van der Waals surface area contributed by atoms with E-state index in [0.29, 0.717) is 24.7 Å². The molecule has 0 spiro atoms. The number of carbonyl (C=O) groups excluding carboxylic acids is 1. The van der Waals surface area contributed by atoms with Crippen LogP contribution < -0.4 is 5.46 Å². The number of hydrogen-bond acceptors (Lipinski definition) is 3. The molecule has 0 saturated heterocycles. The molecule has 0 aromatic heterocycles. The summed E-state index contributed by atoms with van der Waals surface area (Å²) in [6, 6.07) is 5.23. The molecule has 0 fully saturated rings. The van der Waals surface area contributed by atoms with Crippen molar-refractivity contribution in [3.8, 4) is 0 Å². The van der Waals surface area contributed by atoms with Crippen LogP contribution in [0.3, 0.4) is 0 Å². The number of Topliss-reactive ketones (excluding diaryl/α,β-unsaturated/α-hetero) is 1. The largest absolute Gasteiger partial charge is 0.488 e. The van der Waals surface area contributed by atoms with Crippen molar-refractivity contribution in [1.82, 2.24) is 0 Å². The number of ketones is 1. The van der Waals surface area contributed by atoms with Crippen LogP contribution in [0, 0.1) is 0 Å². The molecule has 3 nitrogen and oxygen atoms in total. The molecule has 72 valence electrons. The van der Waals surface area contributed by atoms with Gasteiger partial charge in [0.05, 0.1) is 0 Å². The summed E-state index contributed by atoms with van der Waals surface area (Å²) in [6.45, 7) is 0. The van der Waals surface area contributed by atoms with Crippen molar-refractivity contribution in [1.29, 1.82) is 0 Å². The lowest BCUT2D eigenvalue weighted by Crippen LogP contribution is -2.31. The van der Waals surface area contributed by atoms with E-state index in [1.54, 1.807) is 18.2 Å². The first-order valence-electron chi connectivity index (χ1n) is 4.66. The Labute approximate surface area is 82.5 Å². The predicted molar refractivity (Wildman–Crippen MR) is 53.3 cm³/mol. The highest BCUT2D eigenvalue weighted by Gasteiger charge is 2.18. The quantitative estimate of drug-likeness (QED) is 0.582. The smallest absolute Gasteiger partial charge is 0.423 e. The molecule has 1 aliphatic rings. The zero-order chi connectivity index (χ0) is 10.1. The third-order valence-electron chi connectivity index (χ3n) is 2.59. The molecule has 0 radical (unpaired) electrons. The van der Waals surface area contributed by atoms with E-state index in [2.05, 4.69) is 0 Å². The maximum Gasteiger partial charge on any atom is 0.488 e. The Hall–Kier alpha value is -1.13. The van der Waals surface area contributed by atoms with E-state index in [4.69, 9.17) is 10.0 Å². The minimum Gasteiger partial charge on any atom is -0.423 e. The van der Waals surface area contributed by atoms with Crippen LogP contribution in [0.2, 0.25) is 0 Å². The molecule has 0 bridgehead atoms. The van der Waals surface area contributed by atoms with Crippen LogP contribution in [-0.4, -0.2) is 22.9 Å². The van der Waals surface area contributed by atoms with Crippen LogP contribution >= 0.6 is 0 Å². The van der Waals surface area contributed by atoms with E-state index in [1.807, 2.05) is 0 Å². The van der Waals surface area contributed by atoms with Gasteiger partial charge in [0, 0.05) is 12.8 Å². The highest BCUT2D eigenvalue weighted by atomic mass is 16.4. The van der Waals surface area contributed by atoms with Crippen molar-refractivity contribution >= 4 is 18.4 Å². The highest BCUT2D eigenvalue weighted by molar-refractivity contribution is 6.58. The second-order valence-corrected chi connectivity index (χ2v) is 3.62. The van der Waals surface area contributed by atoms with Crippen molar-refractivity contribution in [3.63, 3.8) is 0 Å². The van der Waals surface area contributed by atoms with Gasteiger partial charge in [-0.05, 0) is 23.0 Å². The van der Waals surface area contributed by atoms with Crippen LogP contribution in [-0.2, 0) is 17.6 Å². The third-order valence-corrected chi connectivity index (χ3v) is 2.59. The second kappa shape index (κ2) is 3.56. The lowest BCUT2D eigenvalue weighted by molar-refractivity contribution is -0.118. The van der Waals surface area contributed by atoms with Crippen molar-refractivity contribution in [2.75, 3.05) is 0 Å². The summed E-state index contributed by atoms with van der Waals surface area (Å²) in [5, 5.41) is 17.9. The number of fused-ring (bicyclic) bond motifs is 1. The van der Waals surface area contributed by atoms with Gasteiger partial charge in [0.15, 0.2) is 0 Å². The summed E-state index contributed by atoms with van der Waals surface area (Å²) in [5.74, 6) is 0.259. The van der Waals surface area contributed by atoms with Crippen LogP contribution in [0.4, 0.5) is 0 Å². The SMILES string of the molecule is O=C1CCc2cc(B(O)O)ccc2C1. The van der Waals surface area contributed by atoms with Crippen molar-refractivity contribution < 1.29 is 14.8 Å². The lowest BCUT2D eigenvalue weighted by Gasteiger charge is -2.15. The Morgan fingerprint density at radius 2 is 1.93 bits per heavy atom. The fraction of sp³-hybridized carbons (Fsp3) is 0.300. The molecule has 0 atom stereocenters. The van der Waals surface area contributed by atoms with Gasteiger partial charge in [0.25, 0.3) is 0 Å². The Bertz CT molecular complexity index is 374. The Balaban J connectivity index is 2.36. The average molecular weight is 190 g/mol. The van der Waals surface area contributed by atoms with Crippen LogP contribution in [0.15, 0.2) is 18.2 Å². The zero-order valence-electron chi connectivity index (χ0n) is 7.73. The van der Waals surface area contributed by atoms with Crippen molar-refractivity contribution in [2.24, 2.45) is 0 Å². The molecule has 0 aliphatic heterocycles. The monoisotopic (exact) mass is 190 g/mol.